The van der Waals surface area contributed by atoms with Crippen molar-refractivity contribution in [1.82, 2.24) is 9.80 Å². The van der Waals surface area contributed by atoms with Crippen LogP contribution in [0.5, 0.6) is 0 Å². The van der Waals surface area contributed by atoms with Crippen molar-refractivity contribution in [3.05, 3.63) is 0 Å². The van der Waals surface area contributed by atoms with E-state index >= 15 is 0 Å². The van der Waals surface area contributed by atoms with Crippen LogP contribution in [-0.2, 0) is 4.79 Å². The van der Waals surface area contributed by atoms with E-state index in [1.807, 2.05) is 4.90 Å². The molecule has 0 aromatic rings. The Bertz CT molecular complexity index is 290. The van der Waals surface area contributed by atoms with Gasteiger partial charge in [0, 0.05) is 32.6 Å². The monoisotopic (exact) mass is 268 g/mol. The molecule has 1 heterocycles. The summed E-state index contributed by atoms with van der Waals surface area (Å²) in [5.41, 5.74) is 0. The lowest BCUT2D eigenvalue weighted by Gasteiger charge is -2.28. The van der Waals surface area contributed by atoms with Crippen molar-refractivity contribution in [3.8, 4) is 0 Å². The number of aliphatic hydroxyl groups excluding tert-OH is 1. The Balaban J connectivity index is 1.65. The molecule has 2 unspecified atom stereocenters. The average molecular weight is 268 g/mol. The SMILES string of the molecule is CN(CCC(=O)N1CCCCC1)CC1CCCC1O. The van der Waals surface area contributed by atoms with E-state index in [1.54, 1.807) is 0 Å². The minimum absolute atomic E-state index is 0.125. The number of amides is 1. The number of aliphatic hydroxyl groups is 1. The van der Waals surface area contributed by atoms with Crippen LogP contribution in [0.25, 0.3) is 0 Å². The molecule has 2 atom stereocenters. The van der Waals surface area contributed by atoms with Crippen molar-refractivity contribution >= 4 is 5.91 Å². The molecule has 4 nitrogen and oxygen atoms in total. The second-order valence-corrected chi connectivity index (χ2v) is 6.21. The van der Waals surface area contributed by atoms with Crippen molar-refractivity contribution in [3.63, 3.8) is 0 Å². The lowest BCUT2D eigenvalue weighted by Crippen LogP contribution is -2.38. The van der Waals surface area contributed by atoms with Crippen LogP contribution >= 0.6 is 0 Å². The summed E-state index contributed by atoms with van der Waals surface area (Å²) in [5.74, 6) is 0.716. The molecule has 1 saturated heterocycles. The number of carbonyl (C=O) groups excluding carboxylic acids is 1. The smallest absolute Gasteiger partial charge is 0.223 e. The van der Waals surface area contributed by atoms with Crippen molar-refractivity contribution in [1.29, 1.82) is 0 Å². The third kappa shape index (κ3) is 4.46. The van der Waals surface area contributed by atoms with E-state index in [0.29, 0.717) is 18.2 Å². The van der Waals surface area contributed by atoms with Gasteiger partial charge in [-0.05, 0) is 45.1 Å². The summed E-state index contributed by atoms with van der Waals surface area (Å²) in [4.78, 5) is 16.3. The molecule has 2 aliphatic rings. The molecule has 2 rings (SSSR count). The molecule has 19 heavy (non-hydrogen) atoms. The Kier molecular flexibility index (Phi) is 5.64. The maximum atomic E-state index is 12.1. The molecule has 1 aliphatic carbocycles. The first-order valence-electron chi connectivity index (χ1n) is 7.81. The summed E-state index contributed by atoms with van der Waals surface area (Å²) in [7, 11) is 2.06. The molecule has 0 radical (unpaired) electrons. The fraction of sp³-hybridized carbons (Fsp3) is 0.933. The second-order valence-electron chi connectivity index (χ2n) is 6.21. The first-order chi connectivity index (χ1) is 9.16. The van der Waals surface area contributed by atoms with Crippen molar-refractivity contribution in [2.75, 3.05) is 33.2 Å². The number of hydrogen-bond acceptors (Lipinski definition) is 3. The van der Waals surface area contributed by atoms with E-state index in [2.05, 4.69) is 11.9 Å². The molecule has 4 heteroatoms. The van der Waals surface area contributed by atoms with E-state index in [9.17, 15) is 9.90 Å². The number of rotatable bonds is 5. The van der Waals surface area contributed by atoms with E-state index in [1.165, 1.54) is 6.42 Å². The first kappa shape index (κ1) is 14.8. The Hall–Kier alpha value is -0.610. The van der Waals surface area contributed by atoms with Gasteiger partial charge in [0.15, 0.2) is 0 Å². The number of likely N-dealkylation sites (tertiary alicyclic amines) is 1. The highest BCUT2D eigenvalue weighted by Gasteiger charge is 2.26. The summed E-state index contributed by atoms with van der Waals surface area (Å²) in [6.45, 7) is 3.64. The molecule has 0 bridgehead atoms. The normalized spacial score (nSPS) is 28.1. The highest BCUT2D eigenvalue weighted by atomic mass is 16.3. The van der Waals surface area contributed by atoms with Crippen molar-refractivity contribution in [2.24, 2.45) is 5.92 Å². The highest BCUT2D eigenvalue weighted by molar-refractivity contribution is 5.76. The van der Waals surface area contributed by atoms with Crippen LogP contribution in [0, 0.1) is 5.92 Å². The van der Waals surface area contributed by atoms with Gasteiger partial charge >= 0.3 is 0 Å². The number of carbonyl (C=O) groups is 1. The maximum Gasteiger partial charge on any atom is 0.223 e. The van der Waals surface area contributed by atoms with Gasteiger partial charge in [-0.1, -0.05) is 6.42 Å². The van der Waals surface area contributed by atoms with E-state index in [-0.39, 0.29) is 6.10 Å². The topological polar surface area (TPSA) is 43.8 Å². The van der Waals surface area contributed by atoms with Crippen LogP contribution < -0.4 is 0 Å². The van der Waals surface area contributed by atoms with Gasteiger partial charge in [-0.3, -0.25) is 4.79 Å². The molecule has 0 aromatic heterocycles. The summed E-state index contributed by atoms with van der Waals surface area (Å²) in [5, 5.41) is 9.82. The van der Waals surface area contributed by atoms with Crippen LogP contribution in [-0.4, -0.2) is 60.1 Å². The van der Waals surface area contributed by atoms with Gasteiger partial charge < -0.3 is 14.9 Å². The minimum atomic E-state index is -0.125. The predicted molar refractivity (Wildman–Crippen MR) is 75.9 cm³/mol. The van der Waals surface area contributed by atoms with Gasteiger partial charge in [-0.2, -0.15) is 0 Å². The largest absolute Gasteiger partial charge is 0.393 e. The quantitative estimate of drug-likeness (QED) is 0.821. The average Bonchev–Trinajstić information content (AvgIpc) is 2.82. The lowest BCUT2D eigenvalue weighted by molar-refractivity contribution is -0.132. The Morgan fingerprint density at radius 1 is 1.21 bits per heavy atom. The minimum Gasteiger partial charge on any atom is -0.393 e. The predicted octanol–water partition coefficient (Wildman–Crippen LogP) is 1.48. The summed E-state index contributed by atoms with van der Waals surface area (Å²) in [6, 6.07) is 0. The molecule has 2 fully saturated rings. The molecular weight excluding hydrogens is 240 g/mol. The fourth-order valence-corrected chi connectivity index (χ4v) is 3.31. The molecule has 1 amide bonds. The number of nitrogens with zero attached hydrogens (tertiary/aromatic N) is 2. The van der Waals surface area contributed by atoms with Gasteiger partial charge in [0.25, 0.3) is 0 Å². The van der Waals surface area contributed by atoms with Gasteiger partial charge in [0.05, 0.1) is 6.10 Å². The van der Waals surface area contributed by atoms with E-state index < -0.39 is 0 Å². The van der Waals surface area contributed by atoms with Crippen molar-refractivity contribution in [2.45, 2.75) is 51.0 Å². The third-order valence-corrected chi connectivity index (χ3v) is 4.58. The highest BCUT2D eigenvalue weighted by Crippen LogP contribution is 2.26. The zero-order valence-electron chi connectivity index (χ0n) is 12.2. The molecule has 1 saturated carbocycles. The molecular formula is C15H28N2O2. The van der Waals surface area contributed by atoms with Crippen LogP contribution in [0.3, 0.4) is 0 Å². The lowest BCUT2D eigenvalue weighted by atomic mass is 10.1. The standard InChI is InChI=1S/C15H28N2O2/c1-16(12-13-6-5-7-14(13)18)11-8-15(19)17-9-3-2-4-10-17/h13-14,18H,2-12H2,1H3. The molecule has 1 aliphatic heterocycles. The van der Waals surface area contributed by atoms with Crippen LogP contribution in [0.1, 0.15) is 44.9 Å². The summed E-state index contributed by atoms with van der Waals surface area (Å²) < 4.78 is 0. The molecule has 0 aromatic carbocycles. The zero-order chi connectivity index (χ0) is 13.7. The second kappa shape index (κ2) is 7.25. The van der Waals surface area contributed by atoms with Crippen LogP contribution in [0.2, 0.25) is 0 Å². The molecule has 0 spiro atoms. The van der Waals surface area contributed by atoms with Gasteiger partial charge in [-0.15, -0.1) is 0 Å². The first-order valence-corrected chi connectivity index (χ1v) is 7.81. The summed E-state index contributed by atoms with van der Waals surface area (Å²) in [6.07, 6.45) is 7.32. The zero-order valence-corrected chi connectivity index (χ0v) is 12.2. The van der Waals surface area contributed by atoms with Crippen LogP contribution in [0.15, 0.2) is 0 Å². The summed E-state index contributed by atoms with van der Waals surface area (Å²) >= 11 is 0. The van der Waals surface area contributed by atoms with E-state index in [0.717, 1.165) is 58.3 Å². The number of piperidine rings is 1. The van der Waals surface area contributed by atoms with E-state index in [4.69, 9.17) is 0 Å². The Morgan fingerprint density at radius 3 is 2.58 bits per heavy atom. The maximum absolute atomic E-state index is 12.1. The van der Waals surface area contributed by atoms with Crippen molar-refractivity contribution < 1.29 is 9.90 Å². The van der Waals surface area contributed by atoms with Gasteiger partial charge in [0.1, 0.15) is 0 Å². The number of hydrogen-bond donors (Lipinski definition) is 1. The molecule has 110 valence electrons. The van der Waals surface area contributed by atoms with Crippen LogP contribution in [0.4, 0.5) is 0 Å². The van der Waals surface area contributed by atoms with Gasteiger partial charge in [-0.25, -0.2) is 0 Å². The third-order valence-electron chi connectivity index (χ3n) is 4.58. The molecule has 1 N–H and O–H groups in total. The Morgan fingerprint density at radius 2 is 1.95 bits per heavy atom. The van der Waals surface area contributed by atoms with Gasteiger partial charge in [0.2, 0.25) is 5.91 Å². The Labute approximate surface area is 116 Å². The fourth-order valence-electron chi connectivity index (χ4n) is 3.31.